The monoisotopic (exact) mass is 492 g/mol. The second kappa shape index (κ2) is 8.37. The quantitative estimate of drug-likeness (QED) is 0.576. The predicted octanol–water partition coefficient (Wildman–Crippen LogP) is 4.66. The maximum absolute atomic E-state index is 12.5. The van der Waals surface area contributed by atoms with Crippen molar-refractivity contribution in [3.8, 4) is 0 Å². The summed E-state index contributed by atoms with van der Waals surface area (Å²) in [6.07, 6.45) is 0.526. The van der Waals surface area contributed by atoms with E-state index in [9.17, 15) is 13.2 Å². The topological polar surface area (TPSA) is 75.3 Å². The molecule has 0 atom stereocenters. The molecule has 0 aliphatic heterocycles. The molecule has 134 valence electrons. The van der Waals surface area contributed by atoms with Crippen LogP contribution in [0, 0.1) is 10.5 Å². The molecule has 0 bridgehead atoms. The Morgan fingerprint density at radius 3 is 2.56 bits per heavy atom. The van der Waals surface area contributed by atoms with Crippen LogP contribution in [0.15, 0.2) is 36.4 Å². The van der Waals surface area contributed by atoms with Crippen molar-refractivity contribution in [2.24, 2.45) is 0 Å². The lowest BCUT2D eigenvalue weighted by molar-refractivity contribution is 0.102. The van der Waals surface area contributed by atoms with Gasteiger partial charge in [-0.15, -0.1) is 0 Å². The lowest BCUT2D eigenvalue weighted by atomic mass is 10.1. The molecular weight excluding hydrogens is 475 g/mol. The number of hydrogen-bond acceptors (Lipinski definition) is 3. The van der Waals surface area contributed by atoms with Crippen molar-refractivity contribution in [1.29, 1.82) is 0 Å². The number of carbonyl (C=O) groups is 1. The van der Waals surface area contributed by atoms with E-state index in [1.165, 1.54) is 0 Å². The number of rotatable bonds is 6. The van der Waals surface area contributed by atoms with Gasteiger partial charge in [0.2, 0.25) is 10.0 Å². The molecule has 25 heavy (non-hydrogen) atoms. The number of anilines is 2. The fraction of sp³-hybridized carbons (Fsp3) is 0.235. The van der Waals surface area contributed by atoms with Crippen molar-refractivity contribution in [1.82, 2.24) is 0 Å². The van der Waals surface area contributed by atoms with Crippen LogP contribution < -0.4 is 10.0 Å². The molecule has 0 aliphatic carbocycles. The maximum atomic E-state index is 12.5. The summed E-state index contributed by atoms with van der Waals surface area (Å²) >= 11 is 8.03. The highest BCUT2D eigenvalue weighted by molar-refractivity contribution is 14.1. The Balaban J connectivity index is 2.27. The summed E-state index contributed by atoms with van der Waals surface area (Å²) < 4.78 is 27.3. The van der Waals surface area contributed by atoms with Crippen LogP contribution >= 0.6 is 34.2 Å². The van der Waals surface area contributed by atoms with E-state index < -0.39 is 10.0 Å². The van der Waals surface area contributed by atoms with Gasteiger partial charge in [0.15, 0.2) is 0 Å². The van der Waals surface area contributed by atoms with Gasteiger partial charge in [-0.05, 0) is 71.8 Å². The van der Waals surface area contributed by atoms with Crippen LogP contribution in [0.5, 0.6) is 0 Å². The Morgan fingerprint density at radius 2 is 1.88 bits per heavy atom. The lowest BCUT2D eigenvalue weighted by Crippen LogP contribution is -2.18. The molecule has 0 saturated heterocycles. The number of benzene rings is 2. The number of nitrogens with one attached hydrogen (secondary N) is 2. The average Bonchev–Trinajstić information content (AvgIpc) is 2.53. The van der Waals surface area contributed by atoms with Crippen molar-refractivity contribution in [3.63, 3.8) is 0 Å². The van der Waals surface area contributed by atoms with E-state index in [4.69, 9.17) is 11.6 Å². The molecule has 0 heterocycles. The van der Waals surface area contributed by atoms with Crippen molar-refractivity contribution in [2.75, 3.05) is 15.8 Å². The summed E-state index contributed by atoms with van der Waals surface area (Å²) in [7, 11) is -3.40. The summed E-state index contributed by atoms with van der Waals surface area (Å²) in [6, 6.07) is 10.2. The van der Waals surface area contributed by atoms with Crippen LogP contribution in [-0.2, 0) is 10.0 Å². The minimum absolute atomic E-state index is 0.0454. The fourth-order valence-corrected chi connectivity index (χ4v) is 4.18. The Hall–Kier alpha value is -1.32. The summed E-state index contributed by atoms with van der Waals surface area (Å²) in [6.45, 7) is 3.55. The second-order valence-electron chi connectivity index (χ2n) is 5.48. The van der Waals surface area contributed by atoms with E-state index in [-0.39, 0.29) is 11.7 Å². The highest BCUT2D eigenvalue weighted by atomic mass is 127. The first-order valence-electron chi connectivity index (χ1n) is 7.60. The highest BCUT2D eigenvalue weighted by Gasteiger charge is 2.15. The molecule has 0 saturated carbocycles. The lowest BCUT2D eigenvalue weighted by Gasteiger charge is -2.14. The standard InChI is InChI=1S/C17H18ClIN2O3S/c1-3-9-25(23,24)21-16-6-4-5-15(11(16)2)20-17(22)13-10-12(18)7-8-14(13)19/h4-8,10,21H,3,9H2,1-2H3,(H,20,22). The molecule has 2 aromatic rings. The largest absolute Gasteiger partial charge is 0.322 e. The number of amides is 1. The van der Waals surface area contributed by atoms with Crippen LogP contribution in [0.1, 0.15) is 29.3 Å². The Bertz CT molecular complexity index is 901. The molecule has 0 aromatic heterocycles. The molecule has 2 N–H and O–H groups in total. The zero-order valence-corrected chi connectivity index (χ0v) is 17.5. The third-order valence-corrected chi connectivity index (χ3v) is 6.15. The molecule has 2 aromatic carbocycles. The van der Waals surface area contributed by atoms with Gasteiger partial charge in [-0.1, -0.05) is 24.6 Å². The number of carbonyl (C=O) groups excluding carboxylic acids is 1. The zero-order valence-electron chi connectivity index (χ0n) is 13.8. The summed E-state index contributed by atoms with van der Waals surface area (Å²) in [5, 5.41) is 3.29. The predicted molar refractivity (Wildman–Crippen MR) is 111 cm³/mol. The van der Waals surface area contributed by atoms with E-state index in [1.54, 1.807) is 50.2 Å². The van der Waals surface area contributed by atoms with Crippen molar-refractivity contribution < 1.29 is 13.2 Å². The first kappa shape index (κ1) is 20.0. The van der Waals surface area contributed by atoms with Gasteiger partial charge in [-0.2, -0.15) is 0 Å². The molecule has 2 rings (SSSR count). The molecule has 5 nitrogen and oxygen atoms in total. The van der Waals surface area contributed by atoms with Crippen LogP contribution in [0.25, 0.3) is 0 Å². The summed E-state index contributed by atoms with van der Waals surface area (Å²) in [4.78, 5) is 12.5. The van der Waals surface area contributed by atoms with Gasteiger partial charge in [-0.3, -0.25) is 9.52 Å². The van der Waals surface area contributed by atoms with Crippen LogP contribution in [0.4, 0.5) is 11.4 Å². The molecule has 0 radical (unpaired) electrons. The Labute approximate surface area is 166 Å². The van der Waals surface area contributed by atoms with Crippen molar-refractivity contribution in [3.05, 3.63) is 56.1 Å². The van der Waals surface area contributed by atoms with Crippen LogP contribution in [-0.4, -0.2) is 20.1 Å². The molecule has 0 spiro atoms. The molecule has 1 amide bonds. The minimum Gasteiger partial charge on any atom is -0.322 e. The van der Waals surface area contributed by atoms with Crippen LogP contribution in [0.3, 0.4) is 0 Å². The zero-order chi connectivity index (χ0) is 18.6. The van der Waals surface area contributed by atoms with Crippen molar-refractivity contribution >= 4 is 61.5 Å². The molecule has 0 fully saturated rings. The Kier molecular flexibility index (Phi) is 6.70. The highest BCUT2D eigenvalue weighted by Crippen LogP contribution is 2.26. The molecule has 8 heteroatoms. The van der Waals surface area contributed by atoms with E-state index in [0.717, 1.165) is 3.57 Å². The third-order valence-electron chi connectivity index (χ3n) is 3.49. The third kappa shape index (κ3) is 5.32. The SMILES string of the molecule is CCCS(=O)(=O)Nc1cccc(NC(=O)c2cc(Cl)ccc2I)c1C. The molecule has 0 aliphatic rings. The van der Waals surface area contributed by atoms with Gasteiger partial charge >= 0.3 is 0 Å². The molecule has 0 unspecified atom stereocenters. The smallest absolute Gasteiger partial charge is 0.256 e. The summed E-state index contributed by atoms with van der Waals surface area (Å²) in [5.74, 6) is -0.257. The van der Waals surface area contributed by atoms with Gasteiger partial charge in [0.1, 0.15) is 0 Å². The van der Waals surface area contributed by atoms with Crippen molar-refractivity contribution in [2.45, 2.75) is 20.3 Å². The minimum atomic E-state index is -3.40. The van der Waals surface area contributed by atoms with Gasteiger partial charge in [-0.25, -0.2) is 8.42 Å². The van der Waals surface area contributed by atoms with E-state index >= 15 is 0 Å². The number of sulfonamides is 1. The fourth-order valence-electron chi connectivity index (χ4n) is 2.23. The number of hydrogen-bond donors (Lipinski definition) is 2. The van der Waals surface area contributed by atoms with Crippen LogP contribution in [0.2, 0.25) is 5.02 Å². The first-order chi connectivity index (χ1) is 11.7. The van der Waals surface area contributed by atoms with Gasteiger partial charge in [0.25, 0.3) is 5.91 Å². The molecular formula is C17H18ClIN2O3S. The van der Waals surface area contributed by atoms with Gasteiger partial charge in [0, 0.05) is 14.3 Å². The maximum Gasteiger partial charge on any atom is 0.256 e. The average molecular weight is 493 g/mol. The van der Waals surface area contributed by atoms with E-state index in [1.807, 2.05) is 0 Å². The second-order valence-corrected chi connectivity index (χ2v) is 8.92. The first-order valence-corrected chi connectivity index (χ1v) is 10.7. The van der Waals surface area contributed by atoms with Gasteiger partial charge in [0.05, 0.1) is 17.0 Å². The normalized spacial score (nSPS) is 11.2. The van der Waals surface area contributed by atoms with E-state index in [2.05, 4.69) is 32.6 Å². The summed E-state index contributed by atoms with van der Waals surface area (Å²) in [5.41, 5.74) is 2.10. The van der Waals surface area contributed by atoms with Gasteiger partial charge < -0.3 is 5.32 Å². The Morgan fingerprint density at radius 1 is 1.20 bits per heavy atom. The number of halogens is 2. The van der Waals surface area contributed by atoms with E-state index in [0.29, 0.717) is 33.9 Å².